The molecule has 0 aliphatic rings. The Labute approximate surface area is 201 Å². The number of anilines is 1. The molecular weight excluding hydrogens is 715 g/mol. The van der Waals surface area contributed by atoms with Crippen LogP contribution < -0.4 is 16.0 Å². The third-order valence-corrected chi connectivity index (χ3v) is 6.69. The number of halogens is 3. The van der Waals surface area contributed by atoms with Crippen LogP contribution in [0.1, 0.15) is 20.7 Å². The number of nitrogens with one attached hydrogen (secondary N) is 1. The third-order valence-electron chi connectivity index (χ3n) is 3.51. The molecule has 7 N–H and O–H groups in total. The largest absolute Gasteiger partial charge is 0.394 e. The van der Waals surface area contributed by atoms with E-state index < -0.39 is 37.2 Å². The first kappa shape index (κ1) is 25.7. The lowest BCUT2D eigenvalue weighted by molar-refractivity contribution is -0.107. The van der Waals surface area contributed by atoms with Crippen molar-refractivity contribution in [3.63, 3.8) is 0 Å². The second-order valence-corrected chi connectivity index (χ2v) is 8.78. The zero-order valence-electron chi connectivity index (χ0n) is 14.2. The van der Waals surface area contributed by atoms with E-state index in [9.17, 15) is 24.6 Å². The molecule has 1 aromatic rings. The van der Waals surface area contributed by atoms with Gasteiger partial charge in [-0.05, 0) is 67.8 Å². The normalized spacial score (nSPS) is 13.0. The highest BCUT2D eigenvalue weighted by Gasteiger charge is 2.30. The van der Waals surface area contributed by atoms with Crippen LogP contribution in [0.15, 0.2) is 0 Å². The van der Waals surface area contributed by atoms with Crippen molar-refractivity contribution >= 4 is 91.7 Å². The molecule has 0 saturated carbocycles. The minimum atomic E-state index is -1.23. The van der Waals surface area contributed by atoms with Crippen LogP contribution in [0.2, 0.25) is 0 Å². The standard InChI is InChI=1S/C15H18I3N3O7/c16-10-8(14(19)27)11(17)13(21(5-24)2-7(26)4-23)12(18)9(10)15(28)20-1-6(25)3-22/h5-7,22-23,25-26H,1-4H2,(H2,19,27)(H,20,28). The molecule has 10 nitrogen and oxygen atoms in total. The van der Waals surface area contributed by atoms with Gasteiger partial charge < -0.3 is 36.4 Å². The SMILES string of the molecule is NC(=O)c1c(I)c(C(=O)NCC(O)CO)c(I)c(N(C=O)CC(O)CO)c1I. The van der Waals surface area contributed by atoms with Gasteiger partial charge in [0.15, 0.2) is 0 Å². The maximum absolute atomic E-state index is 12.7. The van der Waals surface area contributed by atoms with E-state index in [0.717, 1.165) is 4.90 Å². The van der Waals surface area contributed by atoms with Crippen LogP contribution in [0, 0.1) is 10.7 Å². The van der Waals surface area contributed by atoms with Gasteiger partial charge >= 0.3 is 0 Å². The quantitative estimate of drug-likeness (QED) is 0.132. The number of hydrogen-bond acceptors (Lipinski definition) is 7. The third kappa shape index (κ3) is 6.08. The zero-order valence-corrected chi connectivity index (χ0v) is 20.7. The summed E-state index contributed by atoms with van der Waals surface area (Å²) >= 11 is 5.45. The molecule has 3 amide bonds. The van der Waals surface area contributed by atoms with E-state index in [2.05, 4.69) is 5.32 Å². The van der Waals surface area contributed by atoms with Crippen LogP contribution in [0.25, 0.3) is 0 Å². The molecule has 0 saturated heterocycles. The van der Waals surface area contributed by atoms with Crippen molar-refractivity contribution in [2.45, 2.75) is 12.2 Å². The maximum Gasteiger partial charge on any atom is 0.253 e. The van der Waals surface area contributed by atoms with Gasteiger partial charge in [0.1, 0.15) is 0 Å². The van der Waals surface area contributed by atoms with Gasteiger partial charge in [0.25, 0.3) is 11.8 Å². The molecule has 2 unspecified atom stereocenters. The van der Waals surface area contributed by atoms with E-state index in [0.29, 0.717) is 13.6 Å². The second kappa shape index (κ2) is 11.7. The zero-order chi connectivity index (χ0) is 21.6. The Morgan fingerprint density at radius 1 is 1.04 bits per heavy atom. The van der Waals surface area contributed by atoms with Crippen LogP contribution in [0.5, 0.6) is 0 Å². The first-order valence-corrected chi connectivity index (χ1v) is 10.9. The summed E-state index contributed by atoms with van der Waals surface area (Å²) in [5.41, 5.74) is 5.73. The van der Waals surface area contributed by atoms with Crippen LogP contribution >= 0.6 is 67.8 Å². The summed E-state index contributed by atoms with van der Waals surface area (Å²) in [4.78, 5) is 37.3. The van der Waals surface area contributed by atoms with Crippen LogP contribution in [-0.2, 0) is 4.79 Å². The van der Waals surface area contributed by atoms with Crippen LogP contribution in [0.4, 0.5) is 5.69 Å². The predicted molar refractivity (Wildman–Crippen MR) is 125 cm³/mol. The number of amides is 3. The van der Waals surface area contributed by atoms with Crippen molar-refractivity contribution in [1.29, 1.82) is 0 Å². The summed E-state index contributed by atoms with van der Waals surface area (Å²) < 4.78 is 0.875. The molecular formula is C15H18I3N3O7. The Balaban J connectivity index is 3.60. The molecule has 0 heterocycles. The van der Waals surface area contributed by atoms with Gasteiger partial charge in [0.2, 0.25) is 6.41 Å². The Hall–Kier alpha value is -0.340. The highest BCUT2D eigenvalue weighted by atomic mass is 127. The van der Waals surface area contributed by atoms with Crippen molar-refractivity contribution < 1.29 is 34.8 Å². The fourth-order valence-electron chi connectivity index (χ4n) is 2.15. The number of carbonyl (C=O) groups is 3. The molecule has 0 aromatic heterocycles. The number of primary amides is 1. The Bertz CT molecular complexity index is 763. The number of aliphatic hydroxyl groups excluding tert-OH is 4. The lowest BCUT2D eigenvalue weighted by atomic mass is 10.1. The van der Waals surface area contributed by atoms with E-state index in [1.54, 1.807) is 22.6 Å². The Morgan fingerprint density at radius 3 is 2.04 bits per heavy atom. The highest BCUT2D eigenvalue weighted by Crippen LogP contribution is 2.37. The molecule has 0 fully saturated rings. The minimum Gasteiger partial charge on any atom is -0.394 e. The summed E-state index contributed by atoms with van der Waals surface area (Å²) in [6.45, 7) is -1.63. The summed E-state index contributed by atoms with van der Waals surface area (Å²) in [6.07, 6.45) is -1.98. The molecule has 0 bridgehead atoms. The number of hydrogen-bond donors (Lipinski definition) is 6. The van der Waals surface area contributed by atoms with Gasteiger partial charge in [-0.25, -0.2) is 0 Å². The lowest BCUT2D eigenvalue weighted by Gasteiger charge is -2.26. The Morgan fingerprint density at radius 2 is 1.57 bits per heavy atom. The van der Waals surface area contributed by atoms with E-state index >= 15 is 0 Å². The van der Waals surface area contributed by atoms with E-state index in [1.165, 1.54) is 0 Å². The van der Waals surface area contributed by atoms with Crippen LogP contribution in [0.3, 0.4) is 0 Å². The number of aliphatic hydroxyl groups is 4. The second-order valence-electron chi connectivity index (χ2n) is 5.55. The van der Waals surface area contributed by atoms with Crippen molar-refractivity contribution in [3.05, 3.63) is 21.8 Å². The first-order chi connectivity index (χ1) is 13.1. The summed E-state index contributed by atoms with van der Waals surface area (Å²) in [5, 5.41) is 39.5. The smallest absolute Gasteiger partial charge is 0.253 e. The molecule has 1 rings (SSSR count). The number of nitrogens with two attached hydrogens (primary N) is 1. The molecule has 0 spiro atoms. The molecule has 2 atom stereocenters. The molecule has 28 heavy (non-hydrogen) atoms. The molecule has 0 aliphatic carbocycles. The van der Waals surface area contributed by atoms with Crippen molar-refractivity contribution in [1.82, 2.24) is 5.32 Å². The maximum atomic E-state index is 12.7. The monoisotopic (exact) mass is 733 g/mol. The molecule has 0 aliphatic heterocycles. The lowest BCUT2D eigenvalue weighted by Crippen LogP contribution is -2.37. The van der Waals surface area contributed by atoms with Gasteiger partial charge in [-0.15, -0.1) is 0 Å². The van der Waals surface area contributed by atoms with Gasteiger partial charge in [0.05, 0.1) is 55.9 Å². The van der Waals surface area contributed by atoms with E-state index in [1.807, 2.05) is 45.2 Å². The average Bonchev–Trinajstić information content (AvgIpc) is 2.64. The molecule has 13 heteroatoms. The molecule has 0 radical (unpaired) electrons. The van der Waals surface area contributed by atoms with Gasteiger partial charge in [-0.2, -0.15) is 0 Å². The van der Waals surface area contributed by atoms with Crippen molar-refractivity contribution in [2.75, 3.05) is 31.2 Å². The minimum absolute atomic E-state index is 0.0230. The van der Waals surface area contributed by atoms with E-state index in [4.69, 9.17) is 15.9 Å². The predicted octanol–water partition coefficient (Wildman–Crippen LogP) is -1.00. The number of rotatable bonds is 10. The summed E-state index contributed by atoms with van der Waals surface area (Å²) in [7, 11) is 0. The fourth-order valence-corrected chi connectivity index (χ4v) is 6.96. The van der Waals surface area contributed by atoms with Crippen molar-refractivity contribution in [3.8, 4) is 0 Å². The first-order valence-electron chi connectivity index (χ1n) is 7.68. The number of nitrogens with zero attached hydrogens (tertiary/aromatic N) is 1. The van der Waals surface area contributed by atoms with E-state index in [-0.39, 0.29) is 33.5 Å². The fraction of sp³-hybridized carbons (Fsp3) is 0.400. The molecule has 1 aromatic carbocycles. The average molecular weight is 733 g/mol. The van der Waals surface area contributed by atoms with Gasteiger partial charge in [0, 0.05) is 10.1 Å². The van der Waals surface area contributed by atoms with Crippen LogP contribution in [-0.4, -0.2) is 77.2 Å². The number of benzene rings is 1. The number of carbonyl (C=O) groups excluding carboxylic acids is 3. The summed E-state index contributed by atoms with van der Waals surface area (Å²) in [6, 6.07) is 0. The highest BCUT2D eigenvalue weighted by molar-refractivity contribution is 14.1. The van der Waals surface area contributed by atoms with Gasteiger partial charge in [-0.1, -0.05) is 0 Å². The summed E-state index contributed by atoms with van der Waals surface area (Å²) in [5.74, 6) is -1.46. The molecule has 156 valence electrons. The Kier molecular flexibility index (Phi) is 10.8. The van der Waals surface area contributed by atoms with Gasteiger partial charge in [-0.3, -0.25) is 14.4 Å². The topological polar surface area (TPSA) is 173 Å². The van der Waals surface area contributed by atoms with Crippen molar-refractivity contribution in [2.24, 2.45) is 5.73 Å².